The number of aryl methyl sites for hydroxylation is 1. The summed E-state index contributed by atoms with van der Waals surface area (Å²) in [4.78, 5) is 14.7. The molecule has 2 aromatic carbocycles. The molecule has 10 heteroatoms. The van der Waals surface area contributed by atoms with Crippen molar-refractivity contribution in [1.29, 1.82) is 0 Å². The molecular formula is C22H23FN8S. The highest BCUT2D eigenvalue weighted by Gasteiger charge is 2.22. The predicted octanol–water partition coefficient (Wildman–Crippen LogP) is 4.07. The molecule has 4 aromatic rings. The van der Waals surface area contributed by atoms with Crippen LogP contribution in [0.25, 0.3) is 17.1 Å². The van der Waals surface area contributed by atoms with Crippen molar-refractivity contribution in [3.63, 3.8) is 0 Å². The number of anilines is 2. The maximum atomic E-state index is 14.6. The van der Waals surface area contributed by atoms with Gasteiger partial charge in [-0.25, -0.2) is 4.39 Å². The lowest BCUT2D eigenvalue weighted by Gasteiger charge is -2.15. The minimum absolute atomic E-state index is 0.151. The predicted molar refractivity (Wildman–Crippen MR) is 124 cm³/mol. The molecule has 2 N–H and O–H groups in total. The van der Waals surface area contributed by atoms with Gasteiger partial charge in [0.1, 0.15) is 11.6 Å². The minimum Gasteiger partial charge on any atom is -0.368 e. The van der Waals surface area contributed by atoms with Gasteiger partial charge in [-0.05, 0) is 38.1 Å². The third-order valence-corrected chi connectivity index (χ3v) is 5.78. The van der Waals surface area contributed by atoms with Crippen molar-refractivity contribution in [1.82, 2.24) is 29.7 Å². The highest BCUT2D eigenvalue weighted by Crippen LogP contribution is 2.36. The maximum Gasteiger partial charge on any atom is 0.229 e. The Balaban J connectivity index is 1.78. The summed E-state index contributed by atoms with van der Waals surface area (Å²) in [5.41, 5.74) is 8.21. The van der Waals surface area contributed by atoms with Crippen LogP contribution in [0.15, 0.2) is 53.7 Å². The van der Waals surface area contributed by atoms with Gasteiger partial charge in [0.05, 0.1) is 10.8 Å². The van der Waals surface area contributed by atoms with Crippen molar-refractivity contribution in [2.75, 3.05) is 24.7 Å². The van der Waals surface area contributed by atoms with Gasteiger partial charge >= 0.3 is 0 Å². The minimum atomic E-state index is -0.362. The second-order valence-corrected chi connectivity index (χ2v) is 8.77. The van der Waals surface area contributed by atoms with Crippen LogP contribution >= 0.6 is 11.8 Å². The Morgan fingerprint density at radius 3 is 2.41 bits per heavy atom. The number of rotatable bonds is 6. The lowest BCUT2D eigenvalue weighted by molar-refractivity contribution is 0.629. The van der Waals surface area contributed by atoms with E-state index in [2.05, 4.69) is 25.1 Å². The molecule has 0 saturated carbocycles. The monoisotopic (exact) mass is 450 g/mol. The molecule has 164 valence electrons. The van der Waals surface area contributed by atoms with E-state index in [1.165, 1.54) is 17.8 Å². The first-order chi connectivity index (χ1) is 15.3. The van der Waals surface area contributed by atoms with Gasteiger partial charge in [0.2, 0.25) is 11.9 Å². The first-order valence-corrected chi connectivity index (χ1v) is 10.8. The summed E-state index contributed by atoms with van der Waals surface area (Å²) in [5, 5.41) is 9.08. The van der Waals surface area contributed by atoms with E-state index < -0.39 is 0 Å². The first kappa shape index (κ1) is 21.7. The van der Waals surface area contributed by atoms with Gasteiger partial charge in [0.25, 0.3) is 0 Å². The van der Waals surface area contributed by atoms with Gasteiger partial charge in [0.15, 0.2) is 11.0 Å². The van der Waals surface area contributed by atoms with Crippen LogP contribution < -0.4 is 10.6 Å². The van der Waals surface area contributed by atoms with Crippen LogP contribution in [0.3, 0.4) is 0 Å². The Labute approximate surface area is 189 Å². The Hall–Kier alpha value is -3.53. The largest absolute Gasteiger partial charge is 0.368 e. The molecule has 2 aromatic heterocycles. The molecule has 2 heterocycles. The quantitative estimate of drug-likeness (QED) is 0.439. The van der Waals surface area contributed by atoms with Crippen molar-refractivity contribution in [2.24, 2.45) is 0 Å². The number of benzene rings is 2. The Bertz CT molecular complexity index is 1240. The molecule has 8 nitrogen and oxygen atoms in total. The highest BCUT2D eigenvalue weighted by atomic mass is 32.2. The summed E-state index contributed by atoms with van der Waals surface area (Å²) in [5.74, 6) is 1.21. The van der Waals surface area contributed by atoms with Crippen LogP contribution in [-0.2, 0) is 0 Å². The SMILES string of the molecule is Cc1ccc(-n2c(SC(C)c3nc(N)nc(N(C)C)n3)nnc2-c2ccccc2F)cc1. The smallest absolute Gasteiger partial charge is 0.229 e. The third kappa shape index (κ3) is 4.40. The van der Waals surface area contributed by atoms with Gasteiger partial charge in [-0.1, -0.05) is 41.6 Å². The zero-order chi connectivity index (χ0) is 22.8. The maximum absolute atomic E-state index is 14.6. The average molecular weight is 451 g/mol. The molecule has 4 rings (SSSR count). The second-order valence-electron chi connectivity index (χ2n) is 7.46. The zero-order valence-electron chi connectivity index (χ0n) is 18.2. The highest BCUT2D eigenvalue weighted by molar-refractivity contribution is 7.99. The number of thioether (sulfide) groups is 1. The number of nitrogens with two attached hydrogens (primary N) is 1. The summed E-state index contributed by atoms with van der Waals surface area (Å²) in [6.07, 6.45) is 0. The van der Waals surface area contributed by atoms with Crippen molar-refractivity contribution < 1.29 is 4.39 Å². The van der Waals surface area contributed by atoms with Gasteiger partial charge in [-0.2, -0.15) is 15.0 Å². The van der Waals surface area contributed by atoms with E-state index in [0.29, 0.717) is 28.3 Å². The fourth-order valence-electron chi connectivity index (χ4n) is 3.08. The Morgan fingerprint density at radius 1 is 1.00 bits per heavy atom. The number of aromatic nitrogens is 6. The summed E-state index contributed by atoms with van der Waals surface area (Å²) < 4.78 is 16.4. The van der Waals surface area contributed by atoms with E-state index in [1.807, 2.05) is 56.8 Å². The van der Waals surface area contributed by atoms with Crippen molar-refractivity contribution in [3.8, 4) is 17.1 Å². The van der Waals surface area contributed by atoms with E-state index in [1.54, 1.807) is 23.1 Å². The molecule has 0 aliphatic heterocycles. The lowest BCUT2D eigenvalue weighted by Crippen LogP contribution is -2.16. The number of nitrogen functional groups attached to an aromatic ring is 1. The van der Waals surface area contributed by atoms with Crippen LogP contribution in [0.4, 0.5) is 16.3 Å². The van der Waals surface area contributed by atoms with E-state index in [-0.39, 0.29) is 17.0 Å². The normalized spacial score (nSPS) is 12.0. The Morgan fingerprint density at radius 2 is 1.72 bits per heavy atom. The third-order valence-electron chi connectivity index (χ3n) is 4.74. The van der Waals surface area contributed by atoms with Gasteiger partial charge in [-0.3, -0.25) is 4.57 Å². The van der Waals surface area contributed by atoms with Crippen molar-refractivity contribution in [2.45, 2.75) is 24.3 Å². The van der Waals surface area contributed by atoms with E-state index in [9.17, 15) is 4.39 Å². The average Bonchev–Trinajstić information content (AvgIpc) is 3.17. The molecule has 1 unspecified atom stereocenters. The molecule has 0 spiro atoms. The van der Waals surface area contributed by atoms with E-state index in [0.717, 1.165) is 11.3 Å². The number of halogens is 1. The molecular weight excluding hydrogens is 427 g/mol. The molecule has 0 aliphatic carbocycles. The van der Waals surface area contributed by atoms with Crippen LogP contribution in [0.1, 0.15) is 23.6 Å². The van der Waals surface area contributed by atoms with E-state index in [4.69, 9.17) is 5.73 Å². The molecule has 0 amide bonds. The van der Waals surface area contributed by atoms with E-state index >= 15 is 0 Å². The number of nitrogens with zero attached hydrogens (tertiary/aromatic N) is 7. The molecule has 0 radical (unpaired) electrons. The topological polar surface area (TPSA) is 98.6 Å². The van der Waals surface area contributed by atoms with Crippen molar-refractivity contribution >= 4 is 23.7 Å². The standard InChI is InChI=1S/C22H23FN8S/c1-13-9-11-15(12-10-13)31-19(16-7-5-6-8-17(16)23)28-29-22(31)32-14(2)18-25-20(24)27-21(26-18)30(3)4/h5-12,14H,1-4H3,(H2,24,25,26,27). The number of hydrogen-bond donors (Lipinski definition) is 1. The molecule has 0 bridgehead atoms. The molecule has 0 saturated heterocycles. The lowest BCUT2D eigenvalue weighted by atomic mass is 10.2. The fourth-order valence-corrected chi connectivity index (χ4v) is 3.99. The van der Waals surface area contributed by atoms with Crippen LogP contribution in [0.5, 0.6) is 0 Å². The first-order valence-electron chi connectivity index (χ1n) is 9.96. The van der Waals surface area contributed by atoms with Gasteiger partial charge < -0.3 is 10.6 Å². The second kappa shape index (κ2) is 8.91. The molecule has 1 atom stereocenters. The Kier molecular flexibility index (Phi) is 6.04. The fraction of sp³-hybridized carbons (Fsp3) is 0.227. The molecule has 0 aliphatic rings. The summed E-state index contributed by atoms with van der Waals surface area (Å²) in [6, 6.07) is 14.4. The zero-order valence-corrected chi connectivity index (χ0v) is 19.0. The van der Waals surface area contributed by atoms with Crippen molar-refractivity contribution in [3.05, 3.63) is 65.7 Å². The molecule has 0 fully saturated rings. The van der Waals surface area contributed by atoms with Gasteiger partial charge in [0, 0.05) is 19.8 Å². The van der Waals surface area contributed by atoms with Crippen LogP contribution in [0.2, 0.25) is 0 Å². The summed E-state index contributed by atoms with van der Waals surface area (Å²) >= 11 is 1.41. The molecule has 32 heavy (non-hydrogen) atoms. The summed E-state index contributed by atoms with van der Waals surface area (Å²) in [7, 11) is 3.68. The van der Waals surface area contributed by atoms with Gasteiger partial charge in [-0.15, -0.1) is 10.2 Å². The van der Waals surface area contributed by atoms with Crippen LogP contribution in [-0.4, -0.2) is 43.8 Å². The summed E-state index contributed by atoms with van der Waals surface area (Å²) in [6.45, 7) is 3.97. The number of hydrogen-bond acceptors (Lipinski definition) is 8. The van der Waals surface area contributed by atoms with Crippen LogP contribution in [0, 0.1) is 12.7 Å².